The van der Waals surface area contributed by atoms with Gasteiger partial charge in [-0.3, -0.25) is 4.79 Å². The minimum absolute atomic E-state index is 0.0304. The Labute approximate surface area is 125 Å². The second-order valence-corrected chi connectivity index (χ2v) is 6.47. The van der Waals surface area contributed by atoms with Gasteiger partial charge in [0.15, 0.2) is 0 Å². The highest BCUT2D eigenvalue weighted by Crippen LogP contribution is 2.30. The Hall–Kier alpha value is -2.10. The Kier molecular flexibility index (Phi) is 3.32. The number of benzene rings is 1. The van der Waals surface area contributed by atoms with E-state index in [0.717, 1.165) is 36.1 Å². The predicted octanol–water partition coefficient (Wildman–Crippen LogP) is 3.15. The summed E-state index contributed by atoms with van der Waals surface area (Å²) in [6.07, 6.45) is 1.05. The molecule has 2 aromatic rings. The number of nitrogens with zero attached hydrogens (tertiary/aromatic N) is 2. The molecule has 3 rings (SSSR count). The SMILES string of the molecule is CNc1nc(C(=O)N2CCC(C)(C)C2)cc2ccccc12. The van der Waals surface area contributed by atoms with Gasteiger partial charge in [-0.05, 0) is 23.3 Å². The van der Waals surface area contributed by atoms with Crippen molar-refractivity contribution in [2.24, 2.45) is 5.41 Å². The number of aromatic nitrogens is 1. The zero-order valence-corrected chi connectivity index (χ0v) is 12.8. The number of hydrogen-bond acceptors (Lipinski definition) is 3. The fraction of sp³-hybridized carbons (Fsp3) is 0.412. The molecule has 0 saturated carbocycles. The maximum atomic E-state index is 12.7. The lowest BCUT2D eigenvalue weighted by molar-refractivity contribution is 0.0773. The number of carbonyl (C=O) groups is 1. The Bertz CT molecular complexity index is 693. The summed E-state index contributed by atoms with van der Waals surface area (Å²) in [5.41, 5.74) is 0.731. The molecule has 0 aliphatic carbocycles. The number of amides is 1. The molecular formula is C17H21N3O. The molecule has 110 valence electrons. The number of hydrogen-bond donors (Lipinski definition) is 1. The number of carbonyl (C=O) groups excluding carboxylic acids is 1. The summed E-state index contributed by atoms with van der Waals surface area (Å²) in [5, 5.41) is 5.17. The average Bonchev–Trinajstić information content (AvgIpc) is 2.85. The van der Waals surface area contributed by atoms with E-state index < -0.39 is 0 Å². The molecule has 0 atom stereocenters. The highest BCUT2D eigenvalue weighted by atomic mass is 16.2. The standard InChI is InChI=1S/C17H21N3O/c1-17(2)8-9-20(11-17)16(21)14-10-12-6-4-5-7-13(12)15(18-3)19-14/h4-7,10H,8-9,11H2,1-3H3,(H,18,19). The molecule has 0 radical (unpaired) electrons. The van der Waals surface area contributed by atoms with Gasteiger partial charge in [0, 0.05) is 25.5 Å². The van der Waals surface area contributed by atoms with Crippen molar-refractivity contribution in [1.29, 1.82) is 0 Å². The first-order valence-electron chi connectivity index (χ1n) is 7.37. The average molecular weight is 283 g/mol. The fourth-order valence-corrected chi connectivity index (χ4v) is 2.95. The van der Waals surface area contributed by atoms with Crippen LogP contribution in [0.2, 0.25) is 0 Å². The first-order chi connectivity index (χ1) is 10.00. The topological polar surface area (TPSA) is 45.2 Å². The van der Waals surface area contributed by atoms with E-state index in [2.05, 4.69) is 24.1 Å². The van der Waals surface area contributed by atoms with Crippen LogP contribution in [0.3, 0.4) is 0 Å². The lowest BCUT2D eigenvalue weighted by atomic mass is 9.93. The molecule has 0 bridgehead atoms. The maximum absolute atomic E-state index is 12.7. The molecule has 21 heavy (non-hydrogen) atoms. The summed E-state index contributed by atoms with van der Waals surface area (Å²) in [7, 11) is 1.84. The van der Waals surface area contributed by atoms with E-state index in [1.807, 2.05) is 42.3 Å². The van der Waals surface area contributed by atoms with Gasteiger partial charge in [0.2, 0.25) is 0 Å². The van der Waals surface area contributed by atoms with E-state index in [4.69, 9.17) is 0 Å². The molecule has 0 unspecified atom stereocenters. The van der Waals surface area contributed by atoms with Gasteiger partial charge in [-0.2, -0.15) is 0 Å². The lowest BCUT2D eigenvalue weighted by Gasteiger charge is -2.20. The molecule has 1 aliphatic heterocycles. The summed E-state index contributed by atoms with van der Waals surface area (Å²) < 4.78 is 0. The van der Waals surface area contributed by atoms with Crippen LogP contribution in [0, 0.1) is 5.41 Å². The van der Waals surface area contributed by atoms with Crippen LogP contribution in [-0.2, 0) is 0 Å². The third kappa shape index (κ3) is 2.58. The van der Waals surface area contributed by atoms with Gasteiger partial charge in [-0.15, -0.1) is 0 Å². The van der Waals surface area contributed by atoms with E-state index >= 15 is 0 Å². The fourth-order valence-electron chi connectivity index (χ4n) is 2.95. The molecular weight excluding hydrogens is 262 g/mol. The number of anilines is 1. The highest BCUT2D eigenvalue weighted by molar-refractivity contribution is 6.00. The van der Waals surface area contributed by atoms with Crippen molar-refractivity contribution < 1.29 is 4.79 Å². The summed E-state index contributed by atoms with van der Waals surface area (Å²) in [6, 6.07) is 9.89. The van der Waals surface area contributed by atoms with Crippen molar-refractivity contribution in [2.45, 2.75) is 20.3 Å². The number of nitrogens with one attached hydrogen (secondary N) is 1. The molecule has 1 aliphatic rings. The van der Waals surface area contributed by atoms with E-state index in [9.17, 15) is 4.79 Å². The Morgan fingerprint density at radius 3 is 2.76 bits per heavy atom. The van der Waals surface area contributed by atoms with E-state index in [1.54, 1.807) is 0 Å². The molecule has 4 nitrogen and oxygen atoms in total. The Morgan fingerprint density at radius 1 is 1.33 bits per heavy atom. The second kappa shape index (κ2) is 5.02. The summed E-state index contributed by atoms with van der Waals surface area (Å²) in [5.74, 6) is 0.790. The maximum Gasteiger partial charge on any atom is 0.272 e. The largest absolute Gasteiger partial charge is 0.373 e. The van der Waals surface area contributed by atoms with Crippen LogP contribution in [0.5, 0.6) is 0 Å². The van der Waals surface area contributed by atoms with Gasteiger partial charge in [0.1, 0.15) is 11.5 Å². The third-order valence-corrected chi connectivity index (χ3v) is 4.16. The third-order valence-electron chi connectivity index (χ3n) is 4.16. The molecule has 1 fully saturated rings. The van der Waals surface area contributed by atoms with E-state index in [-0.39, 0.29) is 11.3 Å². The molecule has 1 aromatic heterocycles. The predicted molar refractivity (Wildman–Crippen MR) is 85.6 cm³/mol. The van der Waals surface area contributed by atoms with E-state index in [1.165, 1.54) is 0 Å². The quantitative estimate of drug-likeness (QED) is 0.921. The minimum Gasteiger partial charge on any atom is -0.373 e. The normalized spacial score (nSPS) is 17.2. The zero-order chi connectivity index (χ0) is 15.0. The number of pyridine rings is 1. The van der Waals surface area contributed by atoms with Gasteiger partial charge < -0.3 is 10.2 Å². The van der Waals surface area contributed by atoms with Crippen LogP contribution in [0.15, 0.2) is 30.3 Å². The van der Waals surface area contributed by atoms with Crippen molar-refractivity contribution in [3.63, 3.8) is 0 Å². The van der Waals surface area contributed by atoms with Crippen molar-refractivity contribution in [3.8, 4) is 0 Å². The number of fused-ring (bicyclic) bond motifs is 1. The van der Waals surface area contributed by atoms with Gasteiger partial charge in [-0.25, -0.2) is 4.98 Å². The van der Waals surface area contributed by atoms with Crippen LogP contribution in [-0.4, -0.2) is 35.9 Å². The molecule has 1 aromatic carbocycles. The zero-order valence-electron chi connectivity index (χ0n) is 12.8. The summed E-state index contributed by atoms with van der Waals surface area (Å²) in [4.78, 5) is 19.1. The lowest BCUT2D eigenvalue weighted by Crippen LogP contribution is -2.31. The smallest absolute Gasteiger partial charge is 0.272 e. The molecule has 2 heterocycles. The molecule has 0 spiro atoms. The monoisotopic (exact) mass is 283 g/mol. The van der Waals surface area contributed by atoms with Crippen LogP contribution < -0.4 is 5.32 Å². The van der Waals surface area contributed by atoms with Crippen LogP contribution >= 0.6 is 0 Å². The first kappa shape index (κ1) is 13.9. The summed E-state index contributed by atoms with van der Waals surface area (Å²) >= 11 is 0. The molecule has 1 N–H and O–H groups in total. The van der Waals surface area contributed by atoms with Gasteiger partial charge in [0.05, 0.1) is 0 Å². The van der Waals surface area contributed by atoms with Crippen LogP contribution in [0.25, 0.3) is 10.8 Å². The Balaban J connectivity index is 1.99. The van der Waals surface area contributed by atoms with Gasteiger partial charge >= 0.3 is 0 Å². The summed E-state index contributed by atoms with van der Waals surface area (Å²) in [6.45, 7) is 6.02. The van der Waals surface area contributed by atoms with Crippen LogP contribution in [0.1, 0.15) is 30.8 Å². The van der Waals surface area contributed by atoms with E-state index in [0.29, 0.717) is 5.69 Å². The number of likely N-dealkylation sites (tertiary alicyclic amines) is 1. The highest BCUT2D eigenvalue weighted by Gasteiger charge is 2.33. The van der Waals surface area contributed by atoms with Gasteiger partial charge in [0.25, 0.3) is 5.91 Å². The van der Waals surface area contributed by atoms with Crippen molar-refractivity contribution in [1.82, 2.24) is 9.88 Å². The minimum atomic E-state index is 0.0304. The van der Waals surface area contributed by atoms with Gasteiger partial charge in [-0.1, -0.05) is 38.1 Å². The van der Waals surface area contributed by atoms with Crippen molar-refractivity contribution in [3.05, 3.63) is 36.0 Å². The first-order valence-corrected chi connectivity index (χ1v) is 7.37. The molecule has 1 amide bonds. The Morgan fingerprint density at radius 2 is 2.10 bits per heavy atom. The van der Waals surface area contributed by atoms with Crippen molar-refractivity contribution >= 4 is 22.5 Å². The second-order valence-electron chi connectivity index (χ2n) is 6.47. The van der Waals surface area contributed by atoms with Crippen LogP contribution in [0.4, 0.5) is 5.82 Å². The van der Waals surface area contributed by atoms with Crippen molar-refractivity contribution in [2.75, 3.05) is 25.5 Å². The number of rotatable bonds is 2. The molecule has 4 heteroatoms. The molecule has 1 saturated heterocycles.